The summed E-state index contributed by atoms with van der Waals surface area (Å²) in [6.07, 6.45) is -4.90. The zero-order valence-corrected chi connectivity index (χ0v) is 21.7. The van der Waals surface area contributed by atoms with Crippen molar-refractivity contribution in [3.8, 4) is 5.75 Å². The van der Waals surface area contributed by atoms with Crippen LogP contribution in [0.4, 0.5) is 26.3 Å². The van der Waals surface area contributed by atoms with Gasteiger partial charge in [0.2, 0.25) is 0 Å². The molecule has 1 N–H and O–H groups in total. The molecular formula is C29H31F6NO3. The van der Waals surface area contributed by atoms with E-state index in [9.17, 15) is 36.2 Å². The van der Waals surface area contributed by atoms with Gasteiger partial charge < -0.3 is 9.84 Å². The predicted molar refractivity (Wildman–Crippen MR) is 131 cm³/mol. The number of carboxylic acid groups (broad SMARTS) is 1. The molecule has 1 spiro atoms. The number of aliphatic carboxylic acids is 1. The van der Waals surface area contributed by atoms with Crippen LogP contribution in [-0.2, 0) is 30.1 Å². The van der Waals surface area contributed by atoms with Crippen LogP contribution >= 0.6 is 0 Å². The highest BCUT2D eigenvalue weighted by Gasteiger charge is 2.50. The van der Waals surface area contributed by atoms with Crippen LogP contribution in [0.1, 0.15) is 72.8 Å². The van der Waals surface area contributed by atoms with Crippen LogP contribution in [-0.4, -0.2) is 34.7 Å². The molecular weight excluding hydrogens is 524 g/mol. The lowest BCUT2D eigenvalue weighted by Crippen LogP contribution is -2.58. The number of alkyl halides is 6. The SMILES string of the molecule is CC(C(=O)O)C(c1ccc2c(c1)OC1(CC2)CC(N(C)Cc2cc(C(F)(F)F)ccc2C(F)(F)F)C1)C1CC1. The monoisotopic (exact) mass is 555 g/mol. The molecule has 3 aliphatic rings. The summed E-state index contributed by atoms with van der Waals surface area (Å²) in [7, 11) is 1.63. The second-order valence-corrected chi connectivity index (χ2v) is 11.5. The number of fused-ring (bicyclic) bond motifs is 1. The zero-order valence-electron chi connectivity index (χ0n) is 21.7. The third-order valence-corrected chi connectivity index (χ3v) is 8.71. The average Bonchev–Trinajstić information content (AvgIpc) is 3.65. The molecule has 0 amide bonds. The molecule has 2 aromatic rings. The molecule has 39 heavy (non-hydrogen) atoms. The Morgan fingerprint density at radius 2 is 1.77 bits per heavy atom. The van der Waals surface area contributed by atoms with E-state index in [4.69, 9.17) is 4.74 Å². The normalized spacial score (nSPS) is 24.6. The van der Waals surface area contributed by atoms with Crippen molar-refractivity contribution in [2.75, 3.05) is 7.05 Å². The number of nitrogens with zero attached hydrogens (tertiary/aromatic N) is 1. The van der Waals surface area contributed by atoms with Crippen LogP contribution in [0.15, 0.2) is 36.4 Å². The van der Waals surface area contributed by atoms with Crippen molar-refractivity contribution < 1.29 is 41.0 Å². The number of halogens is 6. The predicted octanol–water partition coefficient (Wildman–Crippen LogP) is 7.30. The summed E-state index contributed by atoms with van der Waals surface area (Å²) in [5.41, 5.74) is -1.07. The van der Waals surface area contributed by atoms with E-state index in [1.54, 1.807) is 18.9 Å². The third kappa shape index (κ3) is 5.62. The molecule has 2 atom stereocenters. The number of carbonyl (C=O) groups is 1. The highest BCUT2D eigenvalue weighted by Crippen LogP contribution is 2.51. The van der Waals surface area contributed by atoms with E-state index in [-0.39, 0.29) is 18.5 Å². The minimum Gasteiger partial charge on any atom is -0.487 e. The Hall–Kier alpha value is -2.75. The van der Waals surface area contributed by atoms with Crippen molar-refractivity contribution in [1.29, 1.82) is 0 Å². The third-order valence-electron chi connectivity index (χ3n) is 8.71. The largest absolute Gasteiger partial charge is 0.487 e. The summed E-state index contributed by atoms with van der Waals surface area (Å²) >= 11 is 0. The van der Waals surface area contributed by atoms with Crippen molar-refractivity contribution >= 4 is 5.97 Å². The molecule has 4 nitrogen and oxygen atoms in total. The van der Waals surface area contributed by atoms with Crippen LogP contribution in [0.2, 0.25) is 0 Å². The zero-order chi connectivity index (χ0) is 28.3. The Bertz CT molecular complexity index is 1250. The van der Waals surface area contributed by atoms with E-state index in [1.807, 2.05) is 18.2 Å². The first kappa shape index (κ1) is 27.8. The standard InChI is InChI=1S/C29H31F6NO3/c1-16(26(37)38)25(18-4-5-18)19-6-3-17-9-10-27(39-24(17)12-19)13-22(14-27)36(2)15-20-11-21(28(30,31)32)7-8-23(20)29(33,34)35/h3,6-8,11-12,16,18,22,25H,4-5,9-10,13-15H2,1-2H3,(H,37,38). The van der Waals surface area contributed by atoms with E-state index >= 15 is 0 Å². The van der Waals surface area contributed by atoms with Crippen molar-refractivity contribution in [3.05, 3.63) is 64.2 Å². The second-order valence-electron chi connectivity index (χ2n) is 11.5. The molecule has 1 aliphatic heterocycles. The van der Waals surface area contributed by atoms with Gasteiger partial charge in [-0.25, -0.2) is 0 Å². The van der Waals surface area contributed by atoms with E-state index < -0.39 is 46.5 Å². The molecule has 2 saturated carbocycles. The highest BCUT2D eigenvalue weighted by atomic mass is 19.4. The van der Waals surface area contributed by atoms with Gasteiger partial charge in [0, 0.05) is 25.4 Å². The summed E-state index contributed by atoms with van der Waals surface area (Å²) in [4.78, 5) is 13.4. The lowest BCUT2D eigenvalue weighted by Gasteiger charge is -2.52. The van der Waals surface area contributed by atoms with Gasteiger partial charge in [-0.05, 0) is 85.5 Å². The average molecular weight is 556 g/mol. The molecule has 2 aromatic carbocycles. The summed E-state index contributed by atoms with van der Waals surface area (Å²) in [5.74, 6) is -0.385. The molecule has 0 aromatic heterocycles. The van der Waals surface area contributed by atoms with Gasteiger partial charge in [-0.3, -0.25) is 9.69 Å². The van der Waals surface area contributed by atoms with Gasteiger partial charge in [0.1, 0.15) is 11.4 Å². The molecule has 0 radical (unpaired) electrons. The molecule has 2 unspecified atom stereocenters. The van der Waals surface area contributed by atoms with Gasteiger partial charge in [0.15, 0.2) is 0 Å². The molecule has 0 bridgehead atoms. The molecule has 2 fully saturated rings. The number of rotatable bonds is 7. The van der Waals surface area contributed by atoms with Crippen molar-refractivity contribution in [2.45, 2.75) is 81.9 Å². The first-order chi connectivity index (χ1) is 18.2. The fraction of sp³-hybridized carbons (Fsp3) is 0.552. The molecule has 1 heterocycles. The lowest BCUT2D eigenvalue weighted by atomic mass is 9.70. The van der Waals surface area contributed by atoms with Gasteiger partial charge in [0.25, 0.3) is 0 Å². The summed E-state index contributed by atoms with van der Waals surface area (Å²) in [6.45, 7) is 1.46. The van der Waals surface area contributed by atoms with Crippen LogP contribution < -0.4 is 4.74 Å². The number of benzene rings is 2. The van der Waals surface area contributed by atoms with E-state index in [0.29, 0.717) is 37.0 Å². The Labute approximate surface area is 222 Å². The molecule has 5 rings (SSSR count). The molecule has 0 saturated heterocycles. The van der Waals surface area contributed by atoms with E-state index in [2.05, 4.69) is 0 Å². The number of carboxylic acids is 1. The lowest BCUT2D eigenvalue weighted by molar-refractivity contribution is -0.142. The highest BCUT2D eigenvalue weighted by molar-refractivity contribution is 5.71. The smallest absolute Gasteiger partial charge is 0.416 e. The van der Waals surface area contributed by atoms with Gasteiger partial charge in [-0.15, -0.1) is 0 Å². The second kappa shape index (κ2) is 9.71. The van der Waals surface area contributed by atoms with E-state index in [1.165, 1.54) is 0 Å². The van der Waals surface area contributed by atoms with Crippen LogP contribution in [0, 0.1) is 11.8 Å². The van der Waals surface area contributed by atoms with Crippen molar-refractivity contribution in [1.82, 2.24) is 4.90 Å². The molecule has 212 valence electrons. The van der Waals surface area contributed by atoms with Crippen molar-refractivity contribution in [2.24, 2.45) is 11.8 Å². The van der Waals surface area contributed by atoms with Crippen LogP contribution in [0.5, 0.6) is 5.75 Å². The van der Waals surface area contributed by atoms with Gasteiger partial charge in [-0.1, -0.05) is 19.1 Å². The van der Waals surface area contributed by atoms with Crippen molar-refractivity contribution in [3.63, 3.8) is 0 Å². The van der Waals surface area contributed by atoms with Crippen LogP contribution in [0.3, 0.4) is 0 Å². The number of hydrogen-bond acceptors (Lipinski definition) is 3. The Kier molecular flexibility index (Phi) is 6.92. The fourth-order valence-corrected chi connectivity index (χ4v) is 6.28. The maximum absolute atomic E-state index is 13.5. The summed E-state index contributed by atoms with van der Waals surface area (Å²) < 4.78 is 86.7. The minimum absolute atomic E-state index is 0.0927. The Balaban J connectivity index is 1.29. The maximum Gasteiger partial charge on any atom is 0.416 e. The maximum atomic E-state index is 13.5. The number of aryl methyl sites for hydroxylation is 1. The Morgan fingerprint density at radius 3 is 2.36 bits per heavy atom. The number of hydrogen-bond donors (Lipinski definition) is 1. The summed E-state index contributed by atoms with van der Waals surface area (Å²) in [6, 6.07) is 7.37. The van der Waals surface area contributed by atoms with Crippen LogP contribution in [0.25, 0.3) is 0 Å². The topological polar surface area (TPSA) is 49.8 Å². The molecule has 10 heteroatoms. The summed E-state index contributed by atoms with van der Waals surface area (Å²) in [5, 5.41) is 9.61. The minimum atomic E-state index is -4.76. The first-order valence-electron chi connectivity index (χ1n) is 13.2. The fourth-order valence-electron chi connectivity index (χ4n) is 6.28. The Morgan fingerprint density at radius 1 is 1.08 bits per heavy atom. The van der Waals surface area contributed by atoms with Gasteiger partial charge in [-0.2, -0.15) is 26.3 Å². The number of ether oxygens (including phenoxy) is 1. The first-order valence-corrected chi connectivity index (χ1v) is 13.2. The van der Waals surface area contributed by atoms with E-state index in [0.717, 1.165) is 42.6 Å². The van der Waals surface area contributed by atoms with Gasteiger partial charge >= 0.3 is 18.3 Å². The quantitative estimate of drug-likeness (QED) is 0.365. The molecule has 2 aliphatic carbocycles. The van der Waals surface area contributed by atoms with Gasteiger partial charge in [0.05, 0.1) is 17.0 Å².